The number of fused-ring (bicyclic) bond motifs is 1. The molecule has 20 heavy (non-hydrogen) atoms. The molecule has 2 aromatic carbocycles. The Bertz CT molecular complexity index is 770. The molecule has 1 heterocycles. The first-order chi connectivity index (χ1) is 9.66. The third-order valence-electron chi connectivity index (χ3n) is 3.26. The number of hydrogen-bond acceptors (Lipinski definition) is 2. The van der Waals surface area contributed by atoms with Crippen molar-refractivity contribution in [3.05, 3.63) is 74.6 Å². The molecule has 0 aliphatic heterocycles. The molecule has 0 aliphatic rings. The largest absolute Gasteiger partial charge is 0.384 e. The number of nitrogens with zero attached hydrogens (tertiary/aromatic N) is 1. The average Bonchev–Trinajstić information content (AvgIpc) is 2.48. The summed E-state index contributed by atoms with van der Waals surface area (Å²) in [6, 6.07) is 13.4. The van der Waals surface area contributed by atoms with Gasteiger partial charge in [-0.05, 0) is 63.4 Å². The summed E-state index contributed by atoms with van der Waals surface area (Å²) < 4.78 is 0.986. The van der Waals surface area contributed by atoms with Gasteiger partial charge in [-0.2, -0.15) is 0 Å². The van der Waals surface area contributed by atoms with Crippen LogP contribution in [0.3, 0.4) is 0 Å². The normalized spacial score (nSPS) is 12.6. The van der Waals surface area contributed by atoms with E-state index in [0.29, 0.717) is 5.02 Å². The van der Waals surface area contributed by atoms with Crippen LogP contribution in [0.25, 0.3) is 10.8 Å². The van der Waals surface area contributed by atoms with E-state index in [1.807, 2.05) is 42.5 Å². The molecule has 0 aliphatic carbocycles. The Kier molecular flexibility index (Phi) is 3.92. The molecule has 0 spiro atoms. The fourth-order valence-electron chi connectivity index (χ4n) is 2.27. The number of aliphatic hydroxyl groups excluding tert-OH is 1. The van der Waals surface area contributed by atoms with Crippen LogP contribution in [0.2, 0.25) is 5.02 Å². The van der Waals surface area contributed by atoms with Gasteiger partial charge in [0.15, 0.2) is 0 Å². The number of hydrogen-bond donors (Lipinski definition) is 1. The van der Waals surface area contributed by atoms with Crippen LogP contribution >= 0.6 is 34.2 Å². The van der Waals surface area contributed by atoms with Crippen LogP contribution in [-0.2, 0) is 0 Å². The molecule has 3 aromatic rings. The first kappa shape index (κ1) is 13.8. The number of aromatic nitrogens is 1. The van der Waals surface area contributed by atoms with Crippen LogP contribution in [0.1, 0.15) is 17.2 Å². The van der Waals surface area contributed by atoms with Gasteiger partial charge < -0.3 is 5.11 Å². The molecule has 0 bridgehead atoms. The van der Waals surface area contributed by atoms with Gasteiger partial charge in [0.05, 0.1) is 0 Å². The first-order valence-electron chi connectivity index (χ1n) is 6.12. The lowest BCUT2D eigenvalue weighted by atomic mass is 9.97. The van der Waals surface area contributed by atoms with Crippen LogP contribution in [0.4, 0.5) is 0 Å². The second kappa shape index (κ2) is 5.68. The summed E-state index contributed by atoms with van der Waals surface area (Å²) in [5, 5.41) is 13.3. The van der Waals surface area contributed by atoms with Gasteiger partial charge in [-0.3, -0.25) is 4.98 Å². The molecule has 2 nitrogen and oxygen atoms in total. The highest BCUT2D eigenvalue weighted by atomic mass is 127. The van der Waals surface area contributed by atoms with Gasteiger partial charge >= 0.3 is 0 Å². The number of pyridine rings is 1. The molecule has 0 saturated carbocycles. The Balaban J connectivity index is 2.17. The van der Waals surface area contributed by atoms with Crippen molar-refractivity contribution in [2.45, 2.75) is 6.10 Å². The maximum atomic E-state index is 10.7. The molecule has 0 fully saturated rings. The fourth-order valence-corrected chi connectivity index (χ4v) is 3.08. The van der Waals surface area contributed by atoms with Crippen molar-refractivity contribution in [1.82, 2.24) is 4.98 Å². The summed E-state index contributed by atoms with van der Waals surface area (Å²) in [7, 11) is 0. The molecule has 0 saturated heterocycles. The van der Waals surface area contributed by atoms with Crippen molar-refractivity contribution < 1.29 is 5.11 Å². The molecule has 1 unspecified atom stereocenters. The quantitative estimate of drug-likeness (QED) is 0.645. The highest BCUT2D eigenvalue weighted by Gasteiger charge is 2.16. The van der Waals surface area contributed by atoms with E-state index in [4.69, 9.17) is 11.6 Å². The van der Waals surface area contributed by atoms with E-state index in [2.05, 4.69) is 27.6 Å². The highest BCUT2D eigenvalue weighted by Crippen LogP contribution is 2.32. The predicted octanol–water partition coefficient (Wildman–Crippen LogP) is 4.57. The Labute approximate surface area is 135 Å². The smallest absolute Gasteiger partial charge is 0.106 e. The van der Waals surface area contributed by atoms with Gasteiger partial charge in [-0.15, -0.1) is 0 Å². The van der Waals surface area contributed by atoms with Crippen molar-refractivity contribution >= 4 is 45.0 Å². The molecule has 0 amide bonds. The summed E-state index contributed by atoms with van der Waals surface area (Å²) in [4.78, 5) is 4.15. The van der Waals surface area contributed by atoms with Gasteiger partial charge in [0.2, 0.25) is 0 Å². The third kappa shape index (κ3) is 2.53. The molecule has 0 radical (unpaired) electrons. The topological polar surface area (TPSA) is 33.1 Å². The van der Waals surface area contributed by atoms with Crippen molar-refractivity contribution in [1.29, 1.82) is 0 Å². The van der Waals surface area contributed by atoms with Crippen LogP contribution in [0.5, 0.6) is 0 Å². The molecule has 1 aromatic heterocycles. The summed E-state index contributed by atoms with van der Waals surface area (Å²) >= 11 is 8.25. The summed E-state index contributed by atoms with van der Waals surface area (Å²) in [5.74, 6) is 0. The van der Waals surface area contributed by atoms with Crippen LogP contribution < -0.4 is 0 Å². The van der Waals surface area contributed by atoms with Crippen molar-refractivity contribution in [2.75, 3.05) is 0 Å². The van der Waals surface area contributed by atoms with E-state index < -0.39 is 6.10 Å². The van der Waals surface area contributed by atoms with Crippen molar-refractivity contribution in [3.63, 3.8) is 0 Å². The van der Waals surface area contributed by atoms with Crippen LogP contribution in [0, 0.1) is 3.57 Å². The van der Waals surface area contributed by atoms with Gasteiger partial charge in [0, 0.05) is 26.4 Å². The number of benzene rings is 2. The van der Waals surface area contributed by atoms with E-state index in [1.165, 1.54) is 0 Å². The van der Waals surface area contributed by atoms with Gasteiger partial charge in [0.25, 0.3) is 0 Å². The molecular formula is C16H11ClINO. The zero-order valence-corrected chi connectivity index (χ0v) is 13.3. The van der Waals surface area contributed by atoms with Crippen LogP contribution in [0.15, 0.2) is 54.9 Å². The Morgan fingerprint density at radius 2 is 1.95 bits per heavy atom. The van der Waals surface area contributed by atoms with E-state index in [1.54, 1.807) is 12.4 Å². The van der Waals surface area contributed by atoms with Gasteiger partial charge in [-0.25, -0.2) is 0 Å². The van der Waals surface area contributed by atoms with Crippen LogP contribution in [-0.4, -0.2) is 10.1 Å². The predicted molar refractivity (Wildman–Crippen MR) is 90.0 cm³/mol. The van der Waals surface area contributed by atoms with E-state index in [0.717, 1.165) is 25.5 Å². The minimum atomic E-state index is -0.714. The SMILES string of the molecule is OC(c1cc(Cl)ccc1I)c1cccc2ccncc12. The molecule has 100 valence electrons. The average molecular weight is 396 g/mol. The highest BCUT2D eigenvalue weighted by molar-refractivity contribution is 14.1. The zero-order valence-electron chi connectivity index (χ0n) is 10.4. The summed E-state index contributed by atoms with van der Waals surface area (Å²) in [6.07, 6.45) is 2.82. The Morgan fingerprint density at radius 3 is 2.80 bits per heavy atom. The monoisotopic (exact) mass is 395 g/mol. The van der Waals surface area contributed by atoms with E-state index in [-0.39, 0.29) is 0 Å². The second-order valence-corrected chi connectivity index (χ2v) is 6.11. The second-order valence-electron chi connectivity index (χ2n) is 4.51. The minimum Gasteiger partial charge on any atom is -0.384 e. The summed E-state index contributed by atoms with van der Waals surface area (Å²) in [6.45, 7) is 0. The molecular weight excluding hydrogens is 385 g/mol. The van der Waals surface area contributed by atoms with Gasteiger partial charge in [0.1, 0.15) is 6.10 Å². The summed E-state index contributed by atoms with van der Waals surface area (Å²) in [5.41, 5.74) is 1.66. The Morgan fingerprint density at radius 1 is 1.10 bits per heavy atom. The molecule has 1 N–H and O–H groups in total. The number of aliphatic hydroxyl groups is 1. The first-order valence-corrected chi connectivity index (χ1v) is 7.58. The molecule has 1 atom stereocenters. The molecule has 4 heteroatoms. The third-order valence-corrected chi connectivity index (χ3v) is 4.48. The maximum absolute atomic E-state index is 10.7. The zero-order chi connectivity index (χ0) is 14.1. The lowest BCUT2D eigenvalue weighted by molar-refractivity contribution is 0.221. The lowest BCUT2D eigenvalue weighted by Crippen LogP contribution is -2.03. The number of rotatable bonds is 2. The fraction of sp³-hybridized carbons (Fsp3) is 0.0625. The van der Waals surface area contributed by atoms with Crippen molar-refractivity contribution in [2.24, 2.45) is 0 Å². The lowest BCUT2D eigenvalue weighted by Gasteiger charge is -2.16. The maximum Gasteiger partial charge on any atom is 0.106 e. The molecule has 3 rings (SSSR count). The van der Waals surface area contributed by atoms with Crippen molar-refractivity contribution in [3.8, 4) is 0 Å². The van der Waals surface area contributed by atoms with Gasteiger partial charge in [-0.1, -0.05) is 29.8 Å². The van der Waals surface area contributed by atoms with E-state index >= 15 is 0 Å². The number of halogens is 2. The van der Waals surface area contributed by atoms with E-state index in [9.17, 15) is 5.11 Å². The standard InChI is InChI=1S/C16H11ClINO/c17-11-4-5-15(18)13(8-11)16(20)12-3-1-2-10-6-7-19-9-14(10)12/h1-9,16,20H. The minimum absolute atomic E-state index is 0.623. The Hall–Kier alpha value is -1.17.